The van der Waals surface area contributed by atoms with Gasteiger partial charge in [-0.15, -0.1) is 0 Å². The smallest absolute Gasteiger partial charge is 0.264 e. The van der Waals surface area contributed by atoms with Crippen molar-refractivity contribution in [3.63, 3.8) is 0 Å². The number of carbonyl (C=O) groups excluding carboxylic acids is 2. The molecule has 0 aromatic heterocycles. The maximum atomic E-state index is 14.0. The minimum Gasteiger partial charge on any atom is -0.497 e. The number of sulfonamides is 1. The van der Waals surface area contributed by atoms with Crippen LogP contribution in [0.1, 0.15) is 37.8 Å². The summed E-state index contributed by atoms with van der Waals surface area (Å²) in [6.07, 6.45) is 1.68. The number of aryl methyl sites for hydroxylation is 1. The van der Waals surface area contributed by atoms with Gasteiger partial charge in [0.05, 0.1) is 17.7 Å². The van der Waals surface area contributed by atoms with Crippen molar-refractivity contribution < 1.29 is 22.7 Å². The van der Waals surface area contributed by atoms with E-state index in [0.717, 1.165) is 22.7 Å². The second kappa shape index (κ2) is 14.6. The highest BCUT2D eigenvalue weighted by Crippen LogP contribution is 2.28. The molecule has 3 aromatic rings. The summed E-state index contributed by atoms with van der Waals surface area (Å²) in [4.78, 5) is 28.4. The van der Waals surface area contributed by atoms with Crippen molar-refractivity contribution in [3.8, 4) is 5.75 Å². The summed E-state index contributed by atoms with van der Waals surface area (Å²) in [6, 6.07) is 16.8. The topological polar surface area (TPSA) is 96.0 Å². The van der Waals surface area contributed by atoms with Gasteiger partial charge >= 0.3 is 0 Å². The van der Waals surface area contributed by atoms with Gasteiger partial charge in [0, 0.05) is 29.2 Å². The van der Waals surface area contributed by atoms with Crippen molar-refractivity contribution in [1.82, 2.24) is 10.2 Å². The molecule has 41 heavy (non-hydrogen) atoms. The third kappa shape index (κ3) is 8.38. The van der Waals surface area contributed by atoms with Crippen LogP contribution < -0.4 is 14.4 Å². The molecule has 0 heterocycles. The molecule has 2 amide bonds. The molecule has 0 aliphatic carbocycles. The van der Waals surface area contributed by atoms with E-state index in [1.165, 1.54) is 24.1 Å². The van der Waals surface area contributed by atoms with Crippen LogP contribution in [0, 0.1) is 6.92 Å². The second-order valence-electron chi connectivity index (χ2n) is 9.60. The third-order valence-electron chi connectivity index (χ3n) is 6.58. The molecule has 3 rings (SSSR count). The maximum absolute atomic E-state index is 14.0. The van der Waals surface area contributed by atoms with Gasteiger partial charge in [-0.1, -0.05) is 66.4 Å². The Morgan fingerprint density at radius 2 is 1.73 bits per heavy atom. The van der Waals surface area contributed by atoms with E-state index < -0.39 is 28.5 Å². The van der Waals surface area contributed by atoms with Crippen molar-refractivity contribution in [1.29, 1.82) is 0 Å². The Hall–Kier alpha value is -3.27. The first kappa shape index (κ1) is 32.2. The molecular weight excluding hydrogens is 585 g/mol. The van der Waals surface area contributed by atoms with E-state index in [4.69, 9.17) is 27.9 Å². The van der Waals surface area contributed by atoms with Crippen molar-refractivity contribution >= 4 is 50.7 Å². The lowest BCUT2D eigenvalue weighted by atomic mass is 10.1. The normalized spacial score (nSPS) is 12.0. The second-order valence-corrected chi connectivity index (χ2v) is 12.3. The Labute approximate surface area is 252 Å². The Kier molecular flexibility index (Phi) is 11.5. The lowest BCUT2D eigenvalue weighted by Crippen LogP contribution is -2.51. The fourth-order valence-corrected chi connectivity index (χ4v) is 5.96. The summed E-state index contributed by atoms with van der Waals surface area (Å²) in [7, 11) is -2.72. The molecular formula is C30H35Cl2N3O5S. The Morgan fingerprint density at radius 3 is 2.37 bits per heavy atom. The predicted molar refractivity (Wildman–Crippen MR) is 163 cm³/mol. The number of nitrogens with one attached hydrogen (secondary N) is 1. The fourth-order valence-electron chi connectivity index (χ4n) is 4.08. The van der Waals surface area contributed by atoms with E-state index in [9.17, 15) is 18.0 Å². The minimum absolute atomic E-state index is 0.0244. The van der Waals surface area contributed by atoms with Gasteiger partial charge in [0.15, 0.2) is 0 Å². The number of methoxy groups -OCH3 is 1. The summed E-state index contributed by atoms with van der Waals surface area (Å²) in [5, 5.41) is 3.61. The van der Waals surface area contributed by atoms with E-state index in [1.54, 1.807) is 61.5 Å². The summed E-state index contributed by atoms with van der Waals surface area (Å²) in [6.45, 7) is 5.32. The maximum Gasteiger partial charge on any atom is 0.264 e. The van der Waals surface area contributed by atoms with Crippen molar-refractivity contribution in [2.24, 2.45) is 0 Å². The molecule has 1 atom stereocenters. The van der Waals surface area contributed by atoms with Gasteiger partial charge in [-0.2, -0.15) is 0 Å². The number of amides is 2. The third-order valence-corrected chi connectivity index (χ3v) is 8.96. The number of unbranched alkanes of at least 4 members (excludes halogenated alkanes) is 1. The molecule has 8 nitrogen and oxygen atoms in total. The molecule has 0 spiro atoms. The van der Waals surface area contributed by atoms with Gasteiger partial charge in [0.1, 0.15) is 18.3 Å². The highest BCUT2D eigenvalue weighted by atomic mass is 35.5. The van der Waals surface area contributed by atoms with Crippen molar-refractivity contribution in [2.75, 3.05) is 24.5 Å². The number of ether oxygens (including phenoxy) is 1. The molecule has 0 bridgehead atoms. The van der Waals surface area contributed by atoms with Crippen LogP contribution in [0.2, 0.25) is 10.0 Å². The van der Waals surface area contributed by atoms with E-state index >= 15 is 0 Å². The molecule has 0 saturated carbocycles. The van der Waals surface area contributed by atoms with Crippen LogP contribution in [0.4, 0.5) is 5.69 Å². The van der Waals surface area contributed by atoms with E-state index in [0.29, 0.717) is 27.9 Å². The number of hydrogen-bond acceptors (Lipinski definition) is 5. The highest BCUT2D eigenvalue weighted by Gasteiger charge is 2.33. The highest BCUT2D eigenvalue weighted by molar-refractivity contribution is 7.92. The zero-order valence-electron chi connectivity index (χ0n) is 23.6. The average Bonchev–Trinajstić information content (AvgIpc) is 2.95. The molecule has 11 heteroatoms. The molecule has 0 saturated heterocycles. The summed E-state index contributed by atoms with van der Waals surface area (Å²) < 4.78 is 34.2. The zero-order valence-corrected chi connectivity index (χ0v) is 25.9. The van der Waals surface area contributed by atoms with Crippen LogP contribution in [-0.2, 0) is 26.2 Å². The first-order chi connectivity index (χ1) is 19.5. The lowest BCUT2D eigenvalue weighted by Gasteiger charge is -2.32. The van der Waals surface area contributed by atoms with Gasteiger partial charge in [-0.05, 0) is 62.2 Å². The van der Waals surface area contributed by atoms with Gasteiger partial charge in [0.2, 0.25) is 11.8 Å². The number of benzene rings is 3. The van der Waals surface area contributed by atoms with Crippen LogP contribution in [0.15, 0.2) is 71.6 Å². The minimum atomic E-state index is -4.19. The summed E-state index contributed by atoms with van der Waals surface area (Å²) in [5.41, 5.74) is 1.69. The first-order valence-corrected chi connectivity index (χ1v) is 15.4. The zero-order chi connectivity index (χ0) is 30.2. The molecule has 0 radical (unpaired) electrons. The SMILES string of the molecule is CCCCNC(=O)[C@H](C)N(Cc1ccc(Cl)cc1Cl)C(=O)CN(c1cccc(OC)c1)S(=O)(=O)c1ccc(C)cc1. The Bertz CT molecular complexity index is 1470. The Morgan fingerprint density at radius 1 is 1.02 bits per heavy atom. The number of halogens is 2. The van der Waals surface area contributed by atoms with E-state index in [-0.39, 0.29) is 23.0 Å². The summed E-state index contributed by atoms with van der Waals surface area (Å²) >= 11 is 12.5. The van der Waals surface area contributed by atoms with Crippen LogP contribution in [0.5, 0.6) is 5.75 Å². The van der Waals surface area contributed by atoms with Crippen LogP contribution >= 0.6 is 23.2 Å². The molecule has 1 N–H and O–H groups in total. The van der Waals surface area contributed by atoms with Crippen molar-refractivity contribution in [3.05, 3.63) is 87.9 Å². The van der Waals surface area contributed by atoms with E-state index in [1.807, 2.05) is 13.8 Å². The summed E-state index contributed by atoms with van der Waals surface area (Å²) in [5.74, 6) is -0.522. The van der Waals surface area contributed by atoms with E-state index in [2.05, 4.69) is 5.32 Å². The number of nitrogens with zero attached hydrogens (tertiary/aromatic N) is 2. The van der Waals surface area contributed by atoms with Gasteiger partial charge in [0.25, 0.3) is 10.0 Å². The lowest BCUT2D eigenvalue weighted by molar-refractivity contribution is -0.139. The van der Waals surface area contributed by atoms with Gasteiger partial charge in [-0.25, -0.2) is 8.42 Å². The number of rotatable bonds is 13. The largest absolute Gasteiger partial charge is 0.497 e. The number of hydrogen-bond donors (Lipinski definition) is 1. The standard InChI is InChI=1S/C30H35Cl2N3O5S/c1-5-6-16-33-30(37)22(3)34(19-23-12-13-24(31)17-28(23)32)29(36)20-35(25-8-7-9-26(18-25)40-4)41(38,39)27-14-10-21(2)11-15-27/h7-15,17-18,22H,5-6,16,19-20H2,1-4H3,(H,33,37)/t22-/m0/s1. The molecule has 3 aromatic carbocycles. The Balaban J connectivity index is 2.04. The average molecular weight is 621 g/mol. The van der Waals surface area contributed by atoms with Gasteiger partial charge in [-0.3, -0.25) is 13.9 Å². The first-order valence-electron chi connectivity index (χ1n) is 13.2. The molecule has 0 fully saturated rings. The number of carbonyl (C=O) groups is 2. The quantitative estimate of drug-likeness (QED) is 0.243. The van der Waals surface area contributed by atoms with Crippen LogP contribution in [0.25, 0.3) is 0 Å². The molecule has 0 aliphatic heterocycles. The van der Waals surface area contributed by atoms with Gasteiger partial charge < -0.3 is 15.0 Å². The van der Waals surface area contributed by atoms with Crippen molar-refractivity contribution in [2.45, 2.75) is 51.1 Å². The monoisotopic (exact) mass is 619 g/mol. The molecule has 0 aliphatic rings. The predicted octanol–water partition coefficient (Wildman–Crippen LogP) is 5.84. The fraction of sp³-hybridized carbons (Fsp3) is 0.333. The van der Waals surface area contributed by atoms with Crippen LogP contribution in [0.3, 0.4) is 0 Å². The van der Waals surface area contributed by atoms with Crippen LogP contribution in [-0.4, -0.2) is 51.4 Å². The number of anilines is 1. The molecule has 220 valence electrons. The molecule has 0 unspecified atom stereocenters.